The molecule has 2 aliphatic heterocycles. The van der Waals surface area contributed by atoms with Gasteiger partial charge in [-0.15, -0.1) is 0 Å². The van der Waals surface area contributed by atoms with Crippen LogP contribution in [0.15, 0.2) is 39.9 Å². The van der Waals surface area contributed by atoms with E-state index in [9.17, 15) is 4.79 Å². The Hall–Kier alpha value is -2.71. The van der Waals surface area contributed by atoms with Crippen molar-refractivity contribution in [1.29, 1.82) is 0 Å². The van der Waals surface area contributed by atoms with Crippen molar-refractivity contribution >= 4 is 17.3 Å². The van der Waals surface area contributed by atoms with E-state index in [2.05, 4.69) is 27.1 Å². The fraction of sp³-hybridized carbons (Fsp3) is 0.455. The van der Waals surface area contributed by atoms with Gasteiger partial charge in [0.25, 0.3) is 5.56 Å². The summed E-state index contributed by atoms with van der Waals surface area (Å²) in [6.07, 6.45) is 5.57. The van der Waals surface area contributed by atoms with Crippen molar-refractivity contribution in [2.45, 2.75) is 38.8 Å². The van der Waals surface area contributed by atoms with Crippen molar-refractivity contribution < 1.29 is 9.26 Å². The molecule has 8 nitrogen and oxygen atoms in total. The molecule has 1 spiro atoms. The SMILES string of the molecule is Cc1onc(-c2ccc(Cl)nc2)c1Cn1ncc(N2CC3(C[C@@H](C)CCO3)C2)cc1=O. The van der Waals surface area contributed by atoms with E-state index in [1.165, 1.54) is 4.68 Å². The molecule has 0 aliphatic carbocycles. The third kappa shape index (κ3) is 3.85. The van der Waals surface area contributed by atoms with Crippen LogP contribution in [0.2, 0.25) is 5.15 Å². The highest BCUT2D eigenvalue weighted by molar-refractivity contribution is 6.29. The molecule has 3 aromatic rings. The molecule has 0 unspecified atom stereocenters. The maximum absolute atomic E-state index is 12.8. The standard InChI is InChI=1S/C22H24ClN5O3/c1-14-5-6-30-22(8-14)12-27(13-22)17-7-20(29)28(25-10-17)11-18-15(2)31-26-21(18)16-3-4-19(23)24-9-16/h3-4,7,9-10,14H,5-6,8,11-13H2,1-2H3/t14-/m0/s1. The fourth-order valence-corrected chi connectivity index (χ4v) is 4.62. The Morgan fingerprint density at radius 1 is 1.29 bits per heavy atom. The maximum atomic E-state index is 12.8. The quantitative estimate of drug-likeness (QED) is 0.574. The van der Waals surface area contributed by atoms with Crippen LogP contribution in [0, 0.1) is 12.8 Å². The summed E-state index contributed by atoms with van der Waals surface area (Å²) in [6, 6.07) is 5.16. The molecule has 0 aromatic carbocycles. The van der Waals surface area contributed by atoms with Gasteiger partial charge >= 0.3 is 0 Å². The molecule has 5 heterocycles. The first-order valence-electron chi connectivity index (χ1n) is 10.5. The first-order chi connectivity index (χ1) is 14.9. The number of halogens is 1. The summed E-state index contributed by atoms with van der Waals surface area (Å²) in [4.78, 5) is 19.1. The number of rotatable bonds is 4. The van der Waals surface area contributed by atoms with Crippen molar-refractivity contribution in [2.24, 2.45) is 5.92 Å². The van der Waals surface area contributed by atoms with Crippen molar-refractivity contribution in [3.63, 3.8) is 0 Å². The number of nitrogens with zero attached hydrogens (tertiary/aromatic N) is 5. The highest BCUT2D eigenvalue weighted by atomic mass is 35.5. The van der Waals surface area contributed by atoms with Gasteiger partial charge in [-0.2, -0.15) is 5.10 Å². The number of hydrogen-bond acceptors (Lipinski definition) is 7. The molecule has 2 fully saturated rings. The summed E-state index contributed by atoms with van der Waals surface area (Å²) in [5.74, 6) is 1.31. The van der Waals surface area contributed by atoms with Crippen molar-refractivity contribution in [1.82, 2.24) is 19.9 Å². The van der Waals surface area contributed by atoms with Gasteiger partial charge in [0.15, 0.2) is 0 Å². The van der Waals surface area contributed by atoms with Crippen molar-refractivity contribution in [3.05, 3.63) is 57.4 Å². The van der Waals surface area contributed by atoms with E-state index in [1.807, 2.05) is 13.0 Å². The molecule has 0 amide bonds. The summed E-state index contributed by atoms with van der Waals surface area (Å²) in [6.45, 7) is 6.78. The molecule has 1 atom stereocenters. The summed E-state index contributed by atoms with van der Waals surface area (Å²) in [5, 5.41) is 8.95. The van der Waals surface area contributed by atoms with Crippen LogP contribution in [0.25, 0.3) is 11.3 Å². The lowest BCUT2D eigenvalue weighted by Gasteiger charge is -2.53. The number of pyridine rings is 1. The predicted molar refractivity (Wildman–Crippen MR) is 116 cm³/mol. The largest absolute Gasteiger partial charge is 0.371 e. The minimum Gasteiger partial charge on any atom is -0.371 e. The molecule has 0 bridgehead atoms. The lowest BCUT2D eigenvalue weighted by Crippen LogP contribution is -2.65. The van der Waals surface area contributed by atoms with Gasteiger partial charge in [0.1, 0.15) is 22.2 Å². The zero-order valence-corrected chi connectivity index (χ0v) is 18.3. The molecular weight excluding hydrogens is 418 g/mol. The van der Waals surface area contributed by atoms with Gasteiger partial charge in [0.2, 0.25) is 0 Å². The molecule has 2 aliphatic rings. The summed E-state index contributed by atoms with van der Waals surface area (Å²) in [7, 11) is 0. The van der Waals surface area contributed by atoms with Crippen LogP contribution in [0.3, 0.4) is 0 Å². The fourth-order valence-electron chi connectivity index (χ4n) is 4.51. The average Bonchev–Trinajstić information content (AvgIpc) is 3.08. The van der Waals surface area contributed by atoms with E-state index < -0.39 is 0 Å². The number of anilines is 1. The second-order valence-corrected chi connectivity index (χ2v) is 9.02. The second kappa shape index (κ2) is 7.76. The highest BCUT2D eigenvalue weighted by Gasteiger charge is 2.47. The van der Waals surface area contributed by atoms with Crippen molar-refractivity contribution in [3.8, 4) is 11.3 Å². The number of aryl methyl sites for hydroxylation is 1. The first-order valence-corrected chi connectivity index (χ1v) is 10.8. The molecule has 0 saturated carbocycles. The van der Waals surface area contributed by atoms with Crippen LogP contribution < -0.4 is 10.5 Å². The highest BCUT2D eigenvalue weighted by Crippen LogP contribution is 2.38. The number of hydrogen-bond donors (Lipinski definition) is 0. The molecule has 162 valence electrons. The van der Waals surface area contributed by atoms with E-state index in [4.69, 9.17) is 20.9 Å². The predicted octanol–water partition coefficient (Wildman–Crippen LogP) is 3.31. The van der Waals surface area contributed by atoms with E-state index in [-0.39, 0.29) is 17.7 Å². The zero-order valence-electron chi connectivity index (χ0n) is 17.5. The Morgan fingerprint density at radius 3 is 2.84 bits per heavy atom. The van der Waals surface area contributed by atoms with Gasteiger partial charge in [-0.3, -0.25) is 4.79 Å². The van der Waals surface area contributed by atoms with Gasteiger partial charge in [-0.05, 0) is 37.8 Å². The van der Waals surface area contributed by atoms with Crippen LogP contribution in [-0.2, 0) is 11.3 Å². The lowest BCUT2D eigenvalue weighted by molar-refractivity contribution is -0.110. The van der Waals surface area contributed by atoms with Gasteiger partial charge in [-0.1, -0.05) is 23.7 Å². The Morgan fingerprint density at radius 2 is 2.13 bits per heavy atom. The smallest absolute Gasteiger partial charge is 0.269 e. The molecule has 9 heteroatoms. The molecule has 31 heavy (non-hydrogen) atoms. The number of aromatic nitrogens is 4. The van der Waals surface area contributed by atoms with Crippen LogP contribution >= 0.6 is 11.6 Å². The van der Waals surface area contributed by atoms with Crippen LogP contribution in [0.1, 0.15) is 31.1 Å². The Kier molecular flexibility index (Phi) is 5.06. The van der Waals surface area contributed by atoms with Gasteiger partial charge in [0, 0.05) is 43.1 Å². The topological polar surface area (TPSA) is 86.3 Å². The summed E-state index contributed by atoms with van der Waals surface area (Å²) >= 11 is 5.88. The average molecular weight is 442 g/mol. The molecule has 0 radical (unpaired) electrons. The van der Waals surface area contributed by atoms with Crippen LogP contribution in [0.5, 0.6) is 0 Å². The molecule has 3 aromatic heterocycles. The van der Waals surface area contributed by atoms with E-state index >= 15 is 0 Å². The summed E-state index contributed by atoms with van der Waals surface area (Å²) in [5.41, 5.74) is 2.79. The van der Waals surface area contributed by atoms with E-state index in [1.54, 1.807) is 24.5 Å². The lowest BCUT2D eigenvalue weighted by atomic mass is 9.81. The maximum Gasteiger partial charge on any atom is 0.269 e. The van der Waals surface area contributed by atoms with Crippen LogP contribution in [0.4, 0.5) is 5.69 Å². The minimum atomic E-state index is -0.169. The Bertz CT molecular complexity index is 1150. The van der Waals surface area contributed by atoms with Gasteiger partial charge < -0.3 is 14.2 Å². The molecule has 0 N–H and O–H groups in total. The Labute approximate surface area is 184 Å². The van der Waals surface area contributed by atoms with Crippen LogP contribution in [-0.4, -0.2) is 45.2 Å². The molecule has 5 rings (SSSR count). The van der Waals surface area contributed by atoms with Crippen molar-refractivity contribution in [2.75, 3.05) is 24.6 Å². The molecular formula is C22H24ClN5O3. The molecule has 2 saturated heterocycles. The number of ether oxygens (including phenoxy) is 1. The van der Waals surface area contributed by atoms with E-state index in [0.29, 0.717) is 22.5 Å². The minimum absolute atomic E-state index is 0.0619. The normalized spacial score (nSPS) is 20.1. The van der Waals surface area contributed by atoms with Gasteiger partial charge in [-0.25, -0.2) is 9.67 Å². The second-order valence-electron chi connectivity index (χ2n) is 8.63. The Balaban J connectivity index is 1.34. The first kappa shape index (κ1) is 20.2. The monoisotopic (exact) mass is 441 g/mol. The zero-order chi connectivity index (χ0) is 21.6. The van der Waals surface area contributed by atoms with Gasteiger partial charge in [0.05, 0.1) is 18.4 Å². The third-order valence-electron chi connectivity index (χ3n) is 6.21. The third-order valence-corrected chi connectivity index (χ3v) is 6.43. The van der Waals surface area contributed by atoms with E-state index in [0.717, 1.165) is 49.4 Å². The summed E-state index contributed by atoms with van der Waals surface area (Å²) < 4.78 is 12.8.